The van der Waals surface area contributed by atoms with Crippen LogP contribution in [0.4, 0.5) is 5.69 Å². The van der Waals surface area contributed by atoms with Gasteiger partial charge in [0, 0.05) is 38.4 Å². The lowest BCUT2D eigenvalue weighted by Crippen LogP contribution is -2.36. The number of amides is 1. The van der Waals surface area contributed by atoms with Gasteiger partial charge in [-0.15, -0.1) is 0 Å². The van der Waals surface area contributed by atoms with Crippen molar-refractivity contribution in [1.82, 2.24) is 30.2 Å². The van der Waals surface area contributed by atoms with E-state index in [1.54, 1.807) is 24.2 Å². The van der Waals surface area contributed by atoms with Gasteiger partial charge in [0.1, 0.15) is 0 Å². The van der Waals surface area contributed by atoms with Crippen LogP contribution in [0.3, 0.4) is 0 Å². The molecule has 33 heavy (non-hydrogen) atoms. The topological polar surface area (TPSA) is 146 Å². The zero-order valence-corrected chi connectivity index (χ0v) is 18.8. The Balaban J connectivity index is 1.62. The molecule has 0 saturated carbocycles. The lowest BCUT2D eigenvalue weighted by atomic mass is 10.1. The van der Waals surface area contributed by atoms with E-state index in [2.05, 4.69) is 30.9 Å². The Morgan fingerprint density at radius 2 is 2.24 bits per heavy atom. The monoisotopic (exact) mass is 457 g/mol. The Kier molecular flexibility index (Phi) is 6.82. The van der Waals surface area contributed by atoms with Crippen LogP contribution in [0.5, 0.6) is 0 Å². The molecule has 1 aliphatic heterocycles. The largest absolute Gasteiger partial charge is 0.466 e. The first-order valence-electron chi connectivity index (χ1n) is 10.9. The van der Waals surface area contributed by atoms with Crippen molar-refractivity contribution < 1.29 is 23.6 Å². The summed E-state index contributed by atoms with van der Waals surface area (Å²) in [5.41, 5.74) is 1.98. The molecule has 1 fully saturated rings. The van der Waals surface area contributed by atoms with Gasteiger partial charge in [-0.25, -0.2) is 9.67 Å². The molecule has 1 saturated heterocycles. The van der Waals surface area contributed by atoms with Gasteiger partial charge in [-0.1, -0.05) is 5.16 Å². The Morgan fingerprint density at radius 1 is 1.39 bits per heavy atom. The first-order chi connectivity index (χ1) is 16.0. The number of esters is 1. The number of aromatic nitrogens is 5. The summed E-state index contributed by atoms with van der Waals surface area (Å²) in [6.45, 7) is 5.25. The van der Waals surface area contributed by atoms with E-state index in [0.717, 1.165) is 5.39 Å². The highest BCUT2D eigenvalue weighted by Crippen LogP contribution is 2.34. The standard InChI is InChI=1S/C21H27N7O5/c1-4-28-20-14(10-23-28)19(25-13-5-6-32-18(30)7-13)15(9-22-20)21-26-16(27-33-21)8-17(29)24-12(2)11-31-3/h9-10,12-13H,4-8,11H2,1-3H3,(H,22,25)(H,24,29). The Morgan fingerprint density at radius 3 is 3.00 bits per heavy atom. The molecule has 4 heterocycles. The molecule has 12 nitrogen and oxygen atoms in total. The van der Waals surface area contributed by atoms with E-state index in [0.29, 0.717) is 43.1 Å². The van der Waals surface area contributed by atoms with E-state index < -0.39 is 0 Å². The first-order valence-corrected chi connectivity index (χ1v) is 10.9. The van der Waals surface area contributed by atoms with Gasteiger partial charge in [-0.05, 0) is 13.8 Å². The van der Waals surface area contributed by atoms with Crippen LogP contribution in [-0.4, -0.2) is 69.2 Å². The smallest absolute Gasteiger partial charge is 0.307 e. The van der Waals surface area contributed by atoms with E-state index in [-0.39, 0.29) is 48.5 Å². The summed E-state index contributed by atoms with van der Waals surface area (Å²) in [6.07, 6.45) is 4.25. The number of rotatable bonds is 9. The summed E-state index contributed by atoms with van der Waals surface area (Å²) < 4.78 is 17.3. The predicted octanol–water partition coefficient (Wildman–Crippen LogP) is 1.31. The van der Waals surface area contributed by atoms with Gasteiger partial charge in [0.15, 0.2) is 11.5 Å². The van der Waals surface area contributed by atoms with Crippen molar-refractivity contribution in [3.8, 4) is 11.5 Å². The average molecular weight is 457 g/mol. The molecule has 1 amide bonds. The summed E-state index contributed by atoms with van der Waals surface area (Å²) in [5, 5.41) is 15.4. The quantitative estimate of drug-likeness (QED) is 0.451. The minimum atomic E-state index is -0.247. The van der Waals surface area contributed by atoms with E-state index in [1.165, 1.54) is 0 Å². The lowest BCUT2D eigenvalue weighted by Gasteiger charge is -2.24. The number of pyridine rings is 1. The molecule has 0 aliphatic carbocycles. The fraction of sp³-hybridized carbons (Fsp3) is 0.524. The number of fused-ring (bicyclic) bond motifs is 1. The molecule has 0 spiro atoms. The maximum atomic E-state index is 12.2. The molecule has 3 aromatic heterocycles. The van der Waals surface area contributed by atoms with Crippen LogP contribution in [0.2, 0.25) is 0 Å². The number of nitrogens with one attached hydrogen (secondary N) is 2. The van der Waals surface area contributed by atoms with Crippen LogP contribution in [0.1, 0.15) is 32.5 Å². The number of carbonyl (C=O) groups excluding carboxylic acids is 2. The van der Waals surface area contributed by atoms with Crippen molar-refractivity contribution in [1.29, 1.82) is 0 Å². The van der Waals surface area contributed by atoms with Crippen molar-refractivity contribution in [3.05, 3.63) is 18.2 Å². The molecule has 2 unspecified atom stereocenters. The van der Waals surface area contributed by atoms with Gasteiger partial charge in [-0.2, -0.15) is 10.1 Å². The number of hydrogen-bond donors (Lipinski definition) is 2. The number of hydrogen-bond acceptors (Lipinski definition) is 10. The van der Waals surface area contributed by atoms with Gasteiger partial charge < -0.3 is 24.6 Å². The number of cyclic esters (lactones) is 1. The van der Waals surface area contributed by atoms with E-state index in [1.807, 2.05) is 13.8 Å². The van der Waals surface area contributed by atoms with Crippen molar-refractivity contribution in [2.24, 2.45) is 0 Å². The number of aryl methyl sites for hydroxylation is 1. The molecule has 0 radical (unpaired) electrons. The second kappa shape index (κ2) is 9.94. The number of carbonyl (C=O) groups is 2. The molecule has 2 atom stereocenters. The Hall–Kier alpha value is -3.54. The number of nitrogens with zero attached hydrogens (tertiary/aromatic N) is 5. The zero-order valence-electron chi connectivity index (χ0n) is 18.8. The number of anilines is 1. The summed E-state index contributed by atoms with van der Waals surface area (Å²) >= 11 is 0. The average Bonchev–Trinajstić information content (AvgIpc) is 3.41. The van der Waals surface area contributed by atoms with Crippen LogP contribution < -0.4 is 10.6 Å². The molecule has 0 bridgehead atoms. The molecule has 12 heteroatoms. The van der Waals surface area contributed by atoms with E-state index in [4.69, 9.17) is 14.0 Å². The third-order valence-electron chi connectivity index (χ3n) is 5.30. The van der Waals surface area contributed by atoms with Crippen molar-refractivity contribution in [2.75, 3.05) is 25.6 Å². The molecular weight excluding hydrogens is 430 g/mol. The van der Waals surface area contributed by atoms with Crippen LogP contribution in [0.25, 0.3) is 22.5 Å². The maximum Gasteiger partial charge on any atom is 0.307 e. The van der Waals surface area contributed by atoms with Crippen LogP contribution >= 0.6 is 0 Å². The molecule has 2 N–H and O–H groups in total. The Labute approximate surface area is 190 Å². The maximum absolute atomic E-state index is 12.2. The molecule has 0 aromatic carbocycles. The second-order valence-electron chi connectivity index (χ2n) is 7.92. The molecule has 1 aliphatic rings. The highest BCUT2D eigenvalue weighted by molar-refractivity contribution is 5.96. The summed E-state index contributed by atoms with van der Waals surface area (Å²) in [6, 6.07) is -0.246. The fourth-order valence-corrected chi connectivity index (χ4v) is 3.78. The van der Waals surface area contributed by atoms with Gasteiger partial charge in [0.2, 0.25) is 5.91 Å². The summed E-state index contributed by atoms with van der Waals surface area (Å²) in [4.78, 5) is 33.0. The molecule has 3 aromatic rings. The van der Waals surface area contributed by atoms with Gasteiger partial charge in [-0.3, -0.25) is 9.59 Å². The van der Waals surface area contributed by atoms with Crippen LogP contribution in [-0.2, 0) is 32.0 Å². The van der Waals surface area contributed by atoms with Gasteiger partial charge in [0.25, 0.3) is 5.89 Å². The van der Waals surface area contributed by atoms with Crippen LogP contribution in [0, 0.1) is 0 Å². The van der Waals surface area contributed by atoms with Gasteiger partial charge in [0.05, 0.1) is 48.9 Å². The molecular formula is C21H27N7O5. The summed E-state index contributed by atoms with van der Waals surface area (Å²) in [5.74, 6) is -0.00153. The van der Waals surface area contributed by atoms with Crippen molar-refractivity contribution in [2.45, 2.75) is 51.7 Å². The third kappa shape index (κ3) is 5.11. The minimum Gasteiger partial charge on any atom is -0.466 e. The van der Waals surface area contributed by atoms with Crippen LogP contribution in [0.15, 0.2) is 16.9 Å². The van der Waals surface area contributed by atoms with E-state index in [9.17, 15) is 9.59 Å². The number of methoxy groups -OCH3 is 1. The Bertz CT molecular complexity index is 1140. The highest BCUT2D eigenvalue weighted by Gasteiger charge is 2.25. The molecule has 176 valence electrons. The third-order valence-corrected chi connectivity index (χ3v) is 5.30. The van der Waals surface area contributed by atoms with Gasteiger partial charge >= 0.3 is 5.97 Å². The lowest BCUT2D eigenvalue weighted by molar-refractivity contribution is -0.147. The van der Waals surface area contributed by atoms with Crippen molar-refractivity contribution in [3.63, 3.8) is 0 Å². The molecule has 4 rings (SSSR count). The van der Waals surface area contributed by atoms with Crippen molar-refractivity contribution >= 4 is 28.6 Å². The minimum absolute atomic E-state index is 0.0295. The summed E-state index contributed by atoms with van der Waals surface area (Å²) in [7, 11) is 1.57. The first kappa shape index (κ1) is 22.6. The second-order valence-corrected chi connectivity index (χ2v) is 7.92. The normalized spacial score (nSPS) is 17.1. The SMILES string of the molecule is CCn1ncc2c(NC3CCOC(=O)C3)c(-c3nc(CC(=O)NC(C)COC)no3)cnc21. The number of ether oxygens (including phenoxy) is 2. The predicted molar refractivity (Wildman–Crippen MR) is 117 cm³/mol. The zero-order chi connectivity index (χ0) is 23.4. The fourth-order valence-electron chi connectivity index (χ4n) is 3.78. The highest BCUT2D eigenvalue weighted by atomic mass is 16.5. The van der Waals surface area contributed by atoms with E-state index >= 15 is 0 Å².